The summed E-state index contributed by atoms with van der Waals surface area (Å²) in [7, 11) is 0. The van der Waals surface area contributed by atoms with E-state index in [0.717, 1.165) is 11.8 Å². The minimum atomic E-state index is 0.280. The molecule has 0 aliphatic heterocycles. The van der Waals surface area contributed by atoms with Crippen LogP contribution in [0.4, 0.5) is 0 Å². The molecule has 0 aromatic heterocycles. The Morgan fingerprint density at radius 2 is 1.72 bits per heavy atom. The van der Waals surface area contributed by atoms with Gasteiger partial charge in [-0.15, -0.1) is 0 Å². The van der Waals surface area contributed by atoms with Gasteiger partial charge in [-0.3, -0.25) is 0 Å². The summed E-state index contributed by atoms with van der Waals surface area (Å²) in [4.78, 5) is 0. The molecule has 1 aromatic carbocycles. The highest BCUT2D eigenvalue weighted by atomic mass is 14.4. The predicted octanol–water partition coefficient (Wildman–Crippen LogP) is 5.67. The first-order chi connectivity index (χ1) is 8.52. The lowest BCUT2D eigenvalue weighted by Crippen LogP contribution is -2.10. The first-order valence-corrected chi connectivity index (χ1v) is 7.63. The normalized spacial score (nSPS) is 23.1. The molecule has 0 amide bonds. The molecule has 2 rings (SSSR count). The summed E-state index contributed by atoms with van der Waals surface area (Å²) in [6.45, 7) is 9.14. The van der Waals surface area contributed by atoms with Crippen molar-refractivity contribution in [3.8, 4) is 0 Å². The smallest absolute Gasteiger partial charge is 0.0131 e. The largest absolute Gasteiger partial charge is 0.0654 e. The lowest BCUT2D eigenvalue weighted by Gasteiger charge is -2.19. The minimum absolute atomic E-state index is 0.280. The first kappa shape index (κ1) is 13.6. The summed E-state index contributed by atoms with van der Waals surface area (Å²) in [6, 6.07) is 9.39. The highest BCUT2D eigenvalue weighted by Gasteiger charge is 2.37. The third kappa shape index (κ3) is 3.37. The molecule has 18 heavy (non-hydrogen) atoms. The maximum atomic E-state index is 2.37. The monoisotopic (exact) mass is 244 g/mol. The zero-order valence-corrected chi connectivity index (χ0v) is 12.5. The molecule has 1 aliphatic rings. The molecule has 1 aliphatic carbocycles. The Morgan fingerprint density at radius 1 is 1.06 bits per heavy atom. The van der Waals surface area contributed by atoms with Crippen molar-refractivity contribution >= 4 is 0 Å². The van der Waals surface area contributed by atoms with E-state index in [9.17, 15) is 0 Å². The van der Waals surface area contributed by atoms with Crippen molar-refractivity contribution in [3.63, 3.8) is 0 Å². The van der Waals surface area contributed by atoms with Crippen LogP contribution in [0.5, 0.6) is 0 Å². The number of rotatable bonds is 5. The molecule has 0 heterocycles. The molecule has 0 saturated heterocycles. The molecule has 0 N–H and O–H groups in total. The molecule has 1 fully saturated rings. The second-order valence-corrected chi connectivity index (χ2v) is 6.97. The first-order valence-electron chi connectivity index (χ1n) is 7.63. The Morgan fingerprint density at radius 3 is 2.28 bits per heavy atom. The Bertz CT molecular complexity index is 366. The Hall–Kier alpha value is -0.780. The molecule has 0 unspecified atom stereocenters. The molecule has 0 spiro atoms. The fourth-order valence-corrected chi connectivity index (χ4v) is 2.86. The van der Waals surface area contributed by atoms with Crippen LogP contribution in [0.3, 0.4) is 0 Å². The Balaban J connectivity index is 1.88. The van der Waals surface area contributed by atoms with Crippen LogP contribution in [0, 0.1) is 5.92 Å². The standard InChI is InChI=1S/C18H28/c1-5-6-7-8-15-13-17(15)14-9-11-16(12-10-14)18(2,3)4/h9-12,15,17H,5-8,13H2,1-4H3/t15-,17+/m1/s1. The van der Waals surface area contributed by atoms with Crippen LogP contribution in [0.2, 0.25) is 0 Å². The van der Waals surface area contributed by atoms with Crippen molar-refractivity contribution in [1.82, 2.24) is 0 Å². The lowest BCUT2D eigenvalue weighted by molar-refractivity contribution is 0.589. The van der Waals surface area contributed by atoms with Gasteiger partial charge >= 0.3 is 0 Å². The van der Waals surface area contributed by atoms with E-state index in [2.05, 4.69) is 52.0 Å². The quantitative estimate of drug-likeness (QED) is 0.586. The summed E-state index contributed by atoms with van der Waals surface area (Å²) >= 11 is 0. The van der Waals surface area contributed by atoms with E-state index in [1.807, 2.05) is 0 Å². The third-order valence-electron chi connectivity index (χ3n) is 4.31. The highest BCUT2D eigenvalue weighted by molar-refractivity contribution is 5.32. The van der Waals surface area contributed by atoms with Crippen LogP contribution < -0.4 is 0 Å². The molecular formula is C18H28. The SMILES string of the molecule is CCCCC[C@@H]1C[C@H]1c1ccc(C(C)(C)C)cc1. The van der Waals surface area contributed by atoms with Crippen molar-refractivity contribution in [2.75, 3.05) is 0 Å². The summed E-state index contributed by atoms with van der Waals surface area (Å²) in [5.41, 5.74) is 3.31. The number of hydrogen-bond acceptors (Lipinski definition) is 0. The molecule has 0 nitrogen and oxygen atoms in total. The average Bonchev–Trinajstić information content (AvgIpc) is 3.08. The highest BCUT2D eigenvalue weighted by Crippen LogP contribution is 2.50. The topological polar surface area (TPSA) is 0 Å². The second-order valence-electron chi connectivity index (χ2n) is 6.97. The molecule has 0 bridgehead atoms. The molecule has 0 heteroatoms. The van der Waals surface area contributed by atoms with E-state index in [1.165, 1.54) is 37.7 Å². The van der Waals surface area contributed by atoms with E-state index in [-0.39, 0.29) is 5.41 Å². The van der Waals surface area contributed by atoms with Gasteiger partial charge in [0.2, 0.25) is 0 Å². The van der Waals surface area contributed by atoms with Crippen molar-refractivity contribution in [2.45, 2.75) is 71.1 Å². The predicted molar refractivity (Wildman–Crippen MR) is 80.1 cm³/mol. The van der Waals surface area contributed by atoms with E-state index >= 15 is 0 Å². The van der Waals surface area contributed by atoms with Gasteiger partial charge in [0.25, 0.3) is 0 Å². The van der Waals surface area contributed by atoms with E-state index < -0.39 is 0 Å². The number of hydrogen-bond donors (Lipinski definition) is 0. The van der Waals surface area contributed by atoms with Gasteiger partial charge in [0.1, 0.15) is 0 Å². The second kappa shape index (κ2) is 5.47. The van der Waals surface area contributed by atoms with Crippen LogP contribution >= 0.6 is 0 Å². The molecule has 0 radical (unpaired) electrons. The molecule has 2 atom stereocenters. The molecule has 100 valence electrons. The van der Waals surface area contributed by atoms with Crippen molar-refractivity contribution in [2.24, 2.45) is 5.92 Å². The number of benzene rings is 1. The van der Waals surface area contributed by atoms with Gasteiger partial charge in [0.15, 0.2) is 0 Å². The average molecular weight is 244 g/mol. The fourth-order valence-electron chi connectivity index (χ4n) is 2.86. The van der Waals surface area contributed by atoms with Gasteiger partial charge in [0.05, 0.1) is 0 Å². The van der Waals surface area contributed by atoms with Gasteiger partial charge in [-0.1, -0.05) is 71.2 Å². The van der Waals surface area contributed by atoms with Crippen LogP contribution in [-0.2, 0) is 5.41 Å². The Kier molecular flexibility index (Phi) is 4.14. The van der Waals surface area contributed by atoms with Gasteiger partial charge in [0, 0.05) is 0 Å². The van der Waals surface area contributed by atoms with Gasteiger partial charge in [-0.2, -0.15) is 0 Å². The molecular weight excluding hydrogens is 216 g/mol. The van der Waals surface area contributed by atoms with Crippen LogP contribution in [0.15, 0.2) is 24.3 Å². The Labute approximate surface area is 113 Å². The van der Waals surface area contributed by atoms with Crippen LogP contribution in [0.1, 0.15) is 76.8 Å². The molecule has 1 aromatic rings. The zero-order chi connectivity index (χ0) is 13.2. The zero-order valence-electron chi connectivity index (χ0n) is 12.5. The van der Waals surface area contributed by atoms with Crippen LogP contribution in [-0.4, -0.2) is 0 Å². The van der Waals surface area contributed by atoms with Crippen molar-refractivity contribution in [3.05, 3.63) is 35.4 Å². The van der Waals surface area contributed by atoms with Gasteiger partial charge < -0.3 is 0 Å². The van der Waals surface area contributed by atoms with Gasteiger partial charge in [-0.25, -0.2) is 0 Å². The lowest BCUT2D eigenvalue weighted by atomic mass is 9.86. The fraction of sp³-hybridized carbons (Fsp3) is 0.667. The van der Waals surface area contributed by atoms with E-state index in [1.54, 1.807) is 5.56 Å². The van der Waals surface area contributed by atoms with Crippen molar-refractivity contribution < 1.29 is 0 Å². The maximum Gasteiger partial charge on any atom is -0.0131 e. The summed E-state index contributed by atoms with van der Waals surface area (Å²) in [5, 5.41) is 0. The number of unbranched alkanes of at least 4 members (excludes halogenated alkanes) is 2. The maximum absolute atomic E-state index is 2.37. The summed E-state index contributed by atoms with van der Waals surface area (Å²) in [5.74, 6) is 1.85. The van der Waals surface area contributed by atoms with Crippen molar-refractivity contribution in [1.29, 1.82) is 0 Å². The minimum Gasteiger partial charge on any atom is -0.0654 e. The van der Waals surface area contributed by atoms with E-state index in [0.29, 0.717) is 0 Å². The van der Waals surface area contributed by atoms with Crippen LogP contribution in [0.25, 0.3) is 0 Å². The van der Waals surface area contributed by atoms with E-state index in [4.69, 9.17) is 0 Å². The summed E-state index contributed by atoms with van der Waals surface area (Å²) in [6.07, 6.45) is 7.06. The third-order valence-corrected chi connectivity index (χ3v) is 4.31. The summed E-state index contributed by atoms with van der Waals surface area (Å²) < 4.78 is 0. The molecule has 1 saturated carbocycles. The van der Waals surface area contributed by atoms with Gasteiger partial charge in [-0.05, 0) is 41.2 Å².